The zero-order chi connectivity index (χ0) is 8.43. The maximum absolute atomic E-state index is 5.92. The van der Waals surface area contributed by atoms with Gasteiger partial charge >= 0.3 is 0 Å². The number of thiocarbonyl (C=S) groups is 1. The van der Waals surface area contributed by atoms with E-state index in [1.54, 1.807) is 0 Å². The Balaban J connectivity index is 3.27. The number of benzene rings is 1. The Morgan fingerprint density at radius 3 is 2.64 bits per heavy atom. The second kappa shape index (κ2) is 3.20. The van der Waals surface area contributed by atoms with Gasteiger partial charge < -0.3 is 5.73 Å². The largest absolute Gasteiger partial charge is 0.389 e. The molecule has 0 bridgehead atoms. The Labute approximate surface area is 76.2 Å². The van der Waals surface area contributed by atoms with E-state index in [0.717, 1.165) is 11.1 Å². The summed E-state index contributed by atoms with van der Waals surface area (Å²) in [5.74, 6) is 0. The lowest BCUT2D eigenvalue weighted by molar-refractivity contribution is 1.45. The molecular formula is C8H8ClNS. The first-order chi connectivity index (χ1) is 5.13. The summed E-state index contributed by atoms with van der Waals surface area (Å²) in [5, 5.41) is 0.653. The first-order valence-corrected chi connectivity index (χ1v) is 3.96. The fourth-order valence-electron chi connectivity index (χ4n) is 0.838. The lowest BCUT2D eigenvalue weighted by atomic mass is 10.1. The molecule has 0 amide bonds. The van der Waals surface area contributed by atoms with Gasteiger partial charge in [-0.15, -0.1) is 0 Å². The minimum absolute atomic E-state index is 0.346. The quantitative estimate of drug-likeness (QED) is 0.680. The fourth-order valence-corrected chi connectivity index (χ4v) is 1.29. The molecule has 0 radical (unpaired) electrons. The lowest BCUT2D eigenvalue weighted by Gasteiger charge is -2.03. The number of hydrogen-bond acceptors (Lipinski definition) is 1. The number of hydrogen-bond donors (Lipinski definition) is 1. The van der Waals surface area contributed by atoms with Crippen LogP contribution in [0.1, 0.15) is 11.1 Å². The third-order valence-corrected chi connectivity index (χ3v) is 2.18. The summed E-state index contributed by atoms with van der Waals surface area (Å²) in [5.41, 5.74) is 7.18. The van der Waals surface area contributed by atoms with E-state index in [2.05, 4.69) is 0 Å². The standard InChI is InChI=1S/C8H8ClNS/c1-5-3-2-4-6(7(5)9)8(10)11/h2-4H,1H3,(H2,10,11). The van der Waals surface area contributed by atoms with Crippen LogP contribution in [0.3, 0.4) is 0 Å². The summed E-state index contributed by atoms with van der Waals surface area (Å²) in [6.07, 6.45) is 0. The summed E-state index contributed by atoms with van der Waals surface area (Å²) in [4.78, 5) is 0.346. The van der Waals surface area contributed by atoms with Gasteiger partial charge in [-0.2, -0.15) is 0 Å². The summed E-state index contributed by atoms with van der Waals surface area (Å²) >= 11 is 10.7. The average molecular weight is 186 g/mol. The Hall–Kier alpha value is -0.600. The SMILES string of the molecule is Cc1cccc(C(N)=S)c1Cl. The molecule has 0 heterocycles. The highest BCUT2D eigenvalue weighted by atomic mass is 35.5. The molecule has 0 fully saturated rings. The molecule has 1 rings (SSSR count). The molecule has 0 atom stereocenters. The van der Waals surface area contributed by atoms with Crippen LogP contribution in [0, 0.1) is 6.92 Å². The minimum Gasteiger partial charge on any atom is -0.389 e. The highest BCUT2D eigenvalue weighted by Crippen LogP contribution is 2.19. The summed E-state index contributed by atoms with van der Waals surface area (Å²) < 4.78 is 0. The van der Waals surface area contributed by atoms with Crippen LogP contribution in [-0.4, -0.2) is 4.99 Å². The highest BCUT2D eigenvalue weighted by Gasteiger charge is 2.03. The van der Waals surface area contributed by atoms with Crippen LogP contribution >= 0.6 is 23.8 Å². The maximum Gasteiger partial charge on any atom is 0.105 e. The number of nitrogens with two attached hydrogens (primary N) is 1. The van der Waals surface area contributed by atoms with Gasteiger partial charge in [0.05, 0.1) is 5.02 Å². The molecule has 3 heteroatoms. The van der Waals surface area contributed by atoms with Gasteiger partial charge in [0.25, 0.3) is 0 Å². The molecule has 0 aliphatic heterocycles. The van der Waals surface area contributed by atoms with Crippen molar-refractivity contribution in [1.29, 1.82) is 0 Å². The van der Waals surface area contributed by atoms with Gasteiger partial charge in [0.15, 0.2) is 0 Å². The average Bonchev–Trinajstić information content (AvgIpc) is 1.94. The molecule has 1 aromatic carbocycles. The van der Waals surface area contributed by atoms with Gasteiger partial charge in [0.2, 0.25) is 0 Å². The fraction of sp³-hybridized carbons (Fsp3) is 0.125. The van der Waals surface area contributed by atoms with Gasteiger partial charge in [0.1, 0.15) is 4.99 Å². The van der Waals surface area contributed by atoms with Crippen molar-refractivity contribution < 1.29 is 0 Å². The normalized spacial score (nSPS) is 9.64. The predicted molar refractivity (Wildman–Crippen MR) is 52.1 cm³/mol. The Morgan fingerprint density at radius 2 is 2.18 bits per heavy atom. The van der Waals surface area contributed by atoms with Crippen molar-refractivity contribution in [3.05, 3.63) is 34.3 Å². The molecule has 1 aromatic rings. The molecule has 2 N–H and O–H groups in total. The van der Waals surface area contributed by atoms with E-state index in [1.807, 2.05) is 25.1 Å². The molecule has 0 spiro atoms. The predicted octanol–water partition coefficient (Wildman–Crippen LogP) is 2.28. The van der Waals surface area contributed by atoms with E-state index in [-0.39, 0.29) is 0 Å². The van der Waals surface area contributed by atoms with E-state index in [9.17, 15) is 0 Å². The zero-order valence-corrected chi connectivity index (χ0v) is 7.67. The molecule has 11 heavy (non-hydrogen) atoms. The highest BCUT2D eigenvalue weighted by molar-refractivity contribution is 7.80. The summed E-state index contributed by atoms with van der Waals surface area (Å²) in [6.45, 7) is 1.92. The smallest absolute Gasteiger partial charge is 0.105 e. The van der Waals surface area contributed by atoms with Gasteiger partial charge in [-0.25, -0.2) is 0 Å². The number of halogens is 1. The molecule has 58 valence electrons. The van der Waals surface area contributed by atoms with Gasteiger partial charge in [-0.05, 0) is 12.5 Å². The zero-order valence-electron chi connectivity index (χ0n) is 6.10. The van der Waals surface area contributed by atoms with E-state index in [1.165, 1.54) is 0 Å². The summed E-state index contributed by atoms with van der Waals surface area (Å²) in [7, 11) is 0. The van der Waals surface area contributed by atoms with Crippen molar-refractivity contribution in [2.75, 3.05) is 0 Å². The van der Waals surface area contributed by atoms with Gasteiger partial charge in [0, 0.05) is 5.56 Å². The van der Waals surface area contributed by atoms with Crippen molar-refractivity contribution in [3.8, 4) is 0 Å². The molecule has 0 aliphatic rings. The van der Waals surface area contributed by atoms with Crippen LogP contribution < -0.4 is 5.73 Å². The molecule has 0 unspecified atom stereocenters. The van der Waals surface area contributed by atoms with Crippen molar-refractivity contribution >= 4 is 28.8 Å². The van der Waals surface area contributed by atoms with Crippen LogP contribution in [0.4, 0.5) is 0 Å². The van der Waals surface area contributed by atoms with Gasteiger partial charge in [-0.3, -0.25) is 0 Å². The molecular weight excluding hydrogens is 178 g/mol. The van der Waals surface area contributed by atoms with Gasteiger partial charge in [-0.1, -0.05) is 42.0 Å². The Kier molecular flexibility index (Phi) is 2.47. The molecule has 0 aromatic heterocycles. The van der Waals surface area contributed by atoms with Crippen LogP contribution in [0.25, 0.3) is 0 Å². The van der Waals surface area contributed by atoms with E-state index in [0.29, 0.717) is 10.0 Å². The van der Waals surface area contributed by atoms with Crippen molar-refractivity contribution in [2.45, 2.75) is 6.92 Å². The van der Waals surface area contributed by atoms with Crippen LogP contribution in [0.5, 0.6) is 0 Å². The van der Waals surface area contributed by atoms with Crippen LogP contribution in [0.15, 0.2) is 18.2 Å². The molecule has 0 aliphatic carbocycles. The molecule has 1 nitrogen and oxygen atoms in total. The topological polar surface area (TPSA) is 26.0 Å². The van der Waals surface area contributed by atoms with E-state index < -0.39 is 0 Å². The van der Waals surface area contributed by atoms with Crippen LogP contribution in [-0.2, 0) is 0 Å². The Morgan fingerprint density at radius 1 is 1.55 bits per heavy atom. The van der Waals surface area contributed by atoms with Crippen LogP contribution in [0.2, 0.25) is 5.02 Å². The maximum atomic E-state index is 5.92. The van der Waals surface area contributed by atoms with Crippen molar-refractivity contribution in [1.82, 2.24) is 0 Å². The lowest BCUT2D eigenvalue weighted by Crippen LogP contribution is -2.10. The summed E-state index contributed by atoms with van der Waals surface area (Å²) in [6, 6.07) is 5.62. The third-order valence-electron chi connectivity index (χ3n) is 1.46. The second-order valence-corrected chi connectivity index (χ2v) is 3.12. The first-order valence-electron chi connectivity index (χ1n) is 3.18. The second-order valence-electron chi connectivity index (χ2n) is 2.30. The number of rotatable bonds is 1. The van der Waals surface area contributed by atoms with Crippen molar-refractivity contribution in [2.24, 2.45) is 5.73 Å². The first kappa shape index (κ1) is 8.50. The third kappa shape index (κ3) is 1.70. The molecule has 0 saturated carbocycles. The monoisotopic (exact) mass is 185 g/mol. The molecule has 0 saturated heterocycles. The van der Waals surface area contributed by atoms with Crippen molar-refractivity contribution in [3.63, 3.8) is 0 Å². The number of aryl methyl sites for hydroxylation is 1. The minimum atomic E-state index is 0.346. The van der Waals surface area contributed by atoms with E-state index in [4.69, 9.17) is 29.6 Å². The Bertz CT molecular complexity index is 296. The van der Waals surface area contributed by atoms with E-state index >= 15 is 0 Å².